The smallest absolute Gasteiger partial charge is 0.315 e. The van der Waals surface area contributed by atoms with Crippen molar-refractivity contribution in [3.63, 3.8) is 0 Å². The summed E-state index contributed by atoms with van der Waals surface area (Å²) in [5, 5.41) is 9.53. The summed E-state index contributed by atoms with van der Waals surface area (Å²) in [6.07, 6.45) is 4.89. The molecule has 0 spiro atoms. The first-order valence-corrected chi connectivity index (χ1v) is 19.2. The van der Waals surface area contributed by atoms with Crippen LogP contribution in [0.2, 0.25) is 18.1 Å². The van der Waals surface area contributed by atoms with E-state index in [2.05, 4.69) is 80.3 Å². The van der Waals surface area contributed by atoms with Crippen molar-refractivity contribution in [3.8, 4) is 0 Å². The minimum Gasteiger partial charge on any atom is -0.409 e. The van der Waals surface area contributed by atoms with Crippen LogP contribution in [-0.2, 0) is 20.5 Å². The number of nitrogens with one attached hydrogen (secondary N) is 3. The molecule has 2 saturated heterocycles. The van der Waals surface area contributed by atoms with Crippen LogP contribution in [0.3, 0.4) is 0 Å². The first-order chi connectivity index (χ1) is 20.0. The van der Waals surface area contributed by atoms with E-state index in [1.165, 1.54) is 10.5 Å². The van der Waals surface area contributed by atoms with Gasteiger partial charge in [-0.05, 0) is 66.6 Å². The van der Waals surface area contributed by atoms with E-state index < -0.39 is 8.32 Å². The number of amides is 3. The van der Waals surface area contributed by atoms with Crippen LogP contribution in [0.25, 0.3) is 0 Å². The quantitative estimate of drug-likeness (QED) is 0.243. The summed E-state index contributed by atoms with van der Waals surface area (Å²) in [4.78, 5) is 28.8. The summed E-state index contributed by atoms with van der Waals surface area (Å²) >= 11 is 1.70. The van der Waals surface area contributed by atoms with Gasteiger partial charge in [-0.15, -0.1) is 11.8 Å². The van der Waals surface area contributed by atoms with E-state index in [4.69, 9.17) is 9.16 Å². The lowest BCUT2D eigenvalue weighted by Gasteiger charge is -2.47. The number of thioether (sulfide) groups is 1. The normalized spacial score (nSPS) is 23.6. The van der Waals surface area contributed by atoms with E-state index in [0.29, 0.717) is 19.7 Å². The molecule has 2 aromatic rings. The fourth-order valence-electron chi connectivity index (χ4n) is 5.97. The number of anilines is 1. The Kier molecular flexibility index (Phi) is 9.27. The van der Waals surface area contributed by atoms with Gasteiger partial charge in [0.25, 0.3) is 0 Å². The maximum absolute atomic E-state index is 13.1. The van der Waals surface area contributed by atoms with Gasteiger partial charge in [0.05, 0.1) is 37.4 Å². The van der Waals surface area contributed by atoms with Gasteiger partial charge in [-0.2, -0.15) is 0 Å². The molecule has 0 radical (unpaired) electrons. The molecule has 3 amide bonds. The van der Waals surface area contributed by atoms with Crippen molar-refractivity contribution in [1.29, 1.82) is 0 Å². The molecule has 3 heterocycles. The Morgan fingerprint density at radius 1 is 1.14 bits per heavy atom. The first-order valence-electron chi connectivity index (χ1n) is 15.1. The number of likely N-dealkylation sites (tertiary alicyclic amines) is 1. The zero-order chi connectivity index (χ0) is 30.1. The minimum absolute atomic E-state index is 0.0153. The number of rotatable bonds is 8. The topological polar surface area (TPSA) is 91.9 Å². The summed E-state index contributed by atoms with van der Waals surface area (Å²) in [5.41, 5.74) is 4.38. The molecule has 0 aromatic heterocycles. The van der Waals surface area contributed by atoms with E-state index in [1.807, 2.05) is 23.1 Å². The number of hydrogen-bond acceptors (Lipinski definition) is 6. The van der Waals surface area contributed by atoms with Crippen molar-refractivity contribution in [2.24, 2.45) is 0 Å². The number of ether oxygens (including phenoxy) is 1. The molecule has 0 saturated carbocycles. The number of urea groups is 1. The van der Waals surface area contributed by atoms with Gasteiger partial charge < -0.3 is 30.0 Å². The van der Waals surface area contributed by atoms with Crippen molar-refractivity contribution in [3.05, 3.63) is 59.2 Å². The van der Waals surface area contributed by atoms with Gasteiger partial charge >= 0.3 is 6.03 Å². The van der Waals surface area contributed by atoms with Gasteiger partial charge in [0.15, 0.2) is 8.32 Å². The van der Waals surface area contributed by atoms with E-state index in [0.717, 1.165) is 36.1 Å². The zero-order valence-electron chi connectivity index (χ0n) is 25.8. The molecule has 10 heteroatoms. The highest BCUT2D eigenvalue weighted by Gasteiger charge is 2.44. The second kappa shape index (κ2) is 12.6. The molecule has 3 N–H and O–H groups in total. The Morgan fingerprint density at radius 3 is 2.69 bits per heavy atom. The van der Waals surface area contributed by atoms with Gasteiger partial charge in [-0.25, -0.2) is 4.79 Å². The van der Waals surface area contributed by atoms with Gasteiger partial charge in [-0.3, -0.25) is 4.79 Å². The second-order valence-corrected chi connectivity index (χ2v) is 18.8. The van der Waals surface area contributed by atoms with Gasteiger partial charge in [0.1, 0.15) is 0 Å². The van der Waals surface area contributed by atoms with Crippen LogP contribution in [0.5, 0.6) is 0 Å². The number of nitrogens with zero attached hydrogens (tertiary/aromatic N) is 1. The molecule has 5 rings (SSSR count). The highest BCUT2D eigenvalue weighted by atomic mass is 32.2. The number of fused-ring (bicyclic) bond motifs is 4. The van der Waals surface area contributed by atoms with Gasteiger partial charge in [-0.1, -0.05) is 45.0 Å². The fourth-order valence-corrected chi connectivity index (χ4v) is 7.97. The lowest BCUT2D eigenvalue weighted by Crippen LogP contribution is -2.54. The Labute approximate surface area is 255 Å². The third-order valence-corrected chi connectivity index (χ3v) is 14.7. The summed E-state index contributed by atoms with van der Waals surface area (Å²) in [5.74, 6) is -0.0525. The summed E-state index contributed by atoms with van der Waals surface area (Å²) < 4.78 is 13.0. The molecule has 42 heavy (non-hydrogen) atoms. The van der Waals surface area contributed by atoms with Crippen molar-refractivity contribution in [2.75, 3.05) is 31.3 Å². The molecular weight excluding hydrogens is 565 g/mol. The Morgan fingerprint density at radius 2 is 1.93 bits per heavy atom. The number of benzene rings is 2. The average molecular weight is 611 g/mol. The van der Waals surface area contributed by atoms with Crippen LogP contribution in [-0.4, -0.2) is 63.3 Å². The fraction of sp³-hybridized carbons (Fsp3) is 0.562. The van der Waals surface area contributed by atoms with E-state index >= 15 is 0 Å². The molecule has 8 nitrogen and oxygen atoms in total. The monoisotopic (exact) mass is 610 g/mol. The van der Waals surface area contributed by atoms with Crippen LogP contribution in [0.15, 0.2) is 47.4 Å². The SMILES string of the molecule is CSc1ccccc1[C@H]1CCCN1C(=O)CNC(=O)NCc1ccc2c(c1)[C@@H]1C[C@H](N2)[C@H](O[Si](C)(C)C(C)(C)C)CO1. The molecule has 0 unspecified atom stereocenters. The standard InChI is InChI=1S/C32H46N4O4SSi/c1-32(2,3)42(5,6)40-28-20-39-27-17-25(28)35-24-14-13-21(16-23(24)27)18-33-31(38)34-19-30(37)36-15-9-11-26(36)22-10-7-8-12-29(22)41-4/h7-8,10,12-14,16,25-28,35H,9,11,15,17-20H2,1-6H3,(H2,33,34,38)/t25-,26+,27-,28+/m0/s1. The predicted octanol–water partition coefficient (Wildman–Crippen LogP) is 6.22. The molecule has 2 fully saturated rings. The highest BCUT2D eigenvalue weighted by Crippen LogP contribution is 2.43. The van der Waals surface area contributed by atoms with Crippen LogP contribution in [0.4, 0.5) is 10.5 Å². The summed E-state index contributed by atoms with van der Waals surface area (Å²) in [6.45, 7) is 13.0. The van der Waals surface area contributed by atoms with Crippen molar-refractivity contribution < 1.29 is 18.8 Å². The zero-order valence-corrected chi connectivity index (χ0v) is 27.6. The van der Waals surface area contributed by atoms with Crippen LogP contribution in [0.1, 0.15) is 68.9 Å². The van der Waals surface area contributed by atoms with E-state index in [9.17, 15) is 9.59 Å². The van der Waals surface area contributed by atoms with Gasteiger partial charge in [0.2, 0.25) is 5.91 Å². The van der Waals surface area contributed by atoms with Crippen LogP contribution in [0, 0.1) is 0 Å². The van der Waals surface area contributed by atoms with Gasteiger partial charge in [0, 0.05) is 35.7 Å². The Hall–Kier alpha value is -2.53. The number of hydrogen-bond donors (Lipinski definition) is 3. The maximum Gasteiger partial charge on any atom is 0.315 e. The number of carbonyl (C=O) groups excluding carboxylic acids is 2. The second-order valence-electron chi connectivity index (χ2n) is 13.2. The van der Waals surface area contributed by atoms with E-state index in [-0.39, 0.29) is 47.8 Å². The van der Waals surface area contributed by atoms with Crippen molar-refractivity contribution >= 4 is 37.7 Å². The molecular formula is C32H46N4O4SSi. The van der Waals surface area contributed by atoms with Crippen LogP contribution >= 0.6 is 11.8 Å². The maximum atomic E-state index is 13.1. The molecule has 2 bridgehead atoms. The molecule has 4 atom stereocenters. The van der Waals surface area contributed by atoms with Crippen LogP contribution < -0.4 is 16.0 Å². The van der Waals surface area contributed by atoms with E-state index in [1.54, 1.807) is 11.8 Å². The van der Waals surface area contributed by atoms with Crippen molar-refractivity contribution in [2.45, 2.75) is 93.9 Å². The third-order valence-electron chi connectivity index (χ3n) is 9.36. The molecule has 2 aromatic carbocycles. The Bertz CT molecular complexity index is 1300. The lowest BCUT2D eigenvalue weighted by molar-refractivity contribution is -0.131. The lowest BCUT2D eigenvalue weighted by atomic mass is 9.89. The molecule has 3 aliphatic rings. The third kappa shape index (κ3) is 6.66. The highest BCUT2D eigenvalue weighted by molar-refractivity contribution is 7.98. The number of carbonyl (C=O) groups is 2. The summed E-state index contributed by atoms with van der Waals surface area (Å²) in [6, 6.07) is 14.4. The minimum atomic E-state index is -1.91. The van der Waals surface area contributed by atoms with Crippen molar-refractivity contribution in [1.82, 2.24) is 15.5 Å². The summed E-state index contributed by atoms with van der Waals surface area (Å²) in [7, 11) is -1.91. The average Bonchev–Trinajstić information content (AvgIpc) is 3.45. The largest absolute Gasteiger partial charge is 0.409 e. The molecule has 0 aliphatic carbocycles. The first kappa shape index (κ1) is 30.9. The predicted molar refractivity (Wildman–Crippen MR) is 171 cm³/mol. The Balaban J connectivity index is 1.13. The molecule has 228 valence electrons. The molecule has 3 aliphatic heterocycles.